The van der Waals surface area contributed by atoms with Crippen LogP contribution >= 0.6 is 0 Å². The summed E-state index contributed by atoms with van der Waals surface area (Å²) in [6.07, 6.45) is 9.13. The first-order chi connectivity index (χ1) is 17.1. The highest BCUT2D eigenvalue weighted by molar-refractivity contribution is 5.36. The third-order valence-electron chi connectivity index (χ3n) is 7.43. The minimum absolute atomic E-state index is 0.0907. The lowest BCUT2D eigenvalue weighted by molar-refractivity contribution is 0.144. The number of aromatic nitrogens is 2. The number of hydrogen-bond donors (Lipinski definition) is 0. The molecule has 1 saturated carbocycles. The van der Waals surface area contributed by atoms with E-state index in [-0.39, 0.29) is 11.0 Å². The zero-order valence-corrected chi connectivity index (χ0v) is 23.1. The fourth-order valence-corrected chi connectivity index (χ4v) is 5.28. The van der Waals surface area contributed by atoms with Crippen LogP contribution in [0.3, 0.4) is 0 Å². The van der Waals surface area contributed by atoms with E-state index in [2.05, 4.69) is 55.9 Å². The largest absolute Gasteiger partial charge is 0.296 e. The summed E-state index contributed by atoms with van der Waals surface area (Å²) in [6.45, 7) is 11.3. The number of alkyl halides is 2. The summed E-state index contributed by atoms with van der Waals surface area (Å²) in [4.78, 5) is 2.70. The van der Waals surface area contributed by atoms with Crippen LogP contribution < -0.4 is 0 Å². The molecule has 202 valence electrons. The number of benzene rings is 1. The molecule has 2 aromatic rings. The summed E-state index contributed by atoms with van der Waals surface area (Å²) in [7, 11) is 1.38. The van der Waals surface area contributed by atoms with Gasteiger partial charge in [-0.15, -0.1) is 0 Å². The van der Waals surface area contributed by atoms with E-state index in [1.54, 1.807) is 0 Å². The van der Waals surface area contributed by atoms with Gasteiger partial charge in [-0.2, -0.15) is 9.49 Å². The minimum atomic E-state index is -2.72. The van der Waals surface area contributed by atoms with Crippen LogP contribution in [0.2, 0.25) is 0 Å². The van der Waals surface area contributed by atoms with Gasteiger partial charge in [0.25, 0.3) is 6.43 Å². The Labute approximate surface area is 216 Å². The van der Waals surface area contributed by atoms with Gasteiger partial charge >= 0.3 is 0 Å². The molecular formula is C30H46F3N3. The van der Waals surface area contributed by atoms with Gasteiger partial charge in [0.05, 0.1) is 0 Å². The van der Waals surface area contributed by atoms with Crippen LogP contribution in [-0.4, -0.2) is 27.3 Å². The Kier molecular flexibility index (Phi) is 10.5. The quantitative estimate of drug-likeness (QED) is 0.227. The van der Waals surface area contributed by atoms with Crippen LogP contribution in [0.15, 0.2) is 18.2 Å². The minimum Gasteiger partial charge on any atom is -0.296 e. The van der Waals surface area contributed by atoms with E-state index < -0.39 is 18.1 Å². The molecule has 1 aromatic carbocycles. The Balaban J connectivity index is 1.32. The number of unbranched alkanes of at least 4 members (excludes halogenated alkanes) is 7. The van der Waals surface area contributed by atoms with Crippen molar-refractivity contribution in [3.63, 3.8) is 0 Å². The second-order valence-electron chi connectivity index (χ2n) is 11.8. The first kappa shape index (κ1) is 28.7. The Hall–Kier alpha value is -1.82. The smallest absolute Gasteiger partial charge is 0.282 e. The van der Waals surface area contributed by atoms with E-state index in [1.807, 2.05) is 0 Å². The summed E-state index contributed by atoms with van der Waals surface area (Å²) >= 11 is 0. The molecule has 0 saturated heterocycles. The van der Waals surface area contributed by atoms with Crippen molar-refractivity contribution in [2.75, 3.05) is 6.54 Å². The van der Waals surface area contributed by atoms with Crippen LogP contribution in [0.4, 0.5) is 13.2 Å². The average molecular weight is 506 g/mol. The fraction of sp³-hybridized carbons (Fsp3) is 0.700. The SMILES string of the molecule is Cc1ccc(C(C)(C)C)c(CN(CCCCCCCCCCc2c(C(F)F)nn(C)c2F)C2CC2)c1. The van der Waals surface area contributed by atoms with E-state index in [1.165, 1.54) is 68.8 Å². The molecule has 0 N–H and O–H groups in total. The molecule has 6 heteroatoms. The zero-order valence-electron chi connectivity index (χ0n) is 23.1. The molecule has 0 radical (unpaired) electrons. The summed E-state index contributed by atoms with van der Waals surface area (Å²) in [6, 6.07) is 7.70. The van der Waals surface area contributed by atoms with Crippen molar-refractivity contribution >= 4 is 0 Å². The Bertz CT molecular complexity index is 957. The van der Waals surface area contributed by atoms with Crippen molar-refractivity contribution in [2.24, 2.45) is 7.05 Å². The molecule has 0 atom stereocenters. The summed E-state index contributed by atoms with van der Waals surface area (Å²) in [5.74, 6) is -0.623. The first-order valence-electron chi connectivity index (χ1n) is 13.9. The highest BCUT2D eigenvalue weighted by Crippen LogP contribution is 2.33. The summed E-state index contributed by atoms with van der Waals surface area (Å²) in [5, 5.41) is 3.62. The zero-order chi connectivity index (χ0) is 26.3. The fourth-order valence-electron chi connectivity index (χ4n) is 5.28. The lowest BCUT2D eigenvalue weighted by Gasteiger charge is -2.28. The first-order valence-corrected chi connectivity index (χ1v) is 13.9. The van der Waals surface area contributed by atoms with Gasteiger partial charge in [-0.25, -0.2) is 13.5 Å². The van der Waals surface area contributed by atoms with Crippen LogP contribution in [-0.2, 0) is 25.4 Å². The summed E-state index contributed by atoms with van der Waals surface area (Å²) in [5.41, 5.74) is 4.15. The van der Waals surface area contributed by atoms with Crippen LogP contribution in [0.5, 0.6) is 0 Å². The molecule has 0 aliphatic heterocycles. The van der Waals surface area contributed by atoms with Gasteiger partial charge in [0, 0.05) is 25.2 Å². The molecular weight excluding hydrogens is 459 g/mol. The van der Waals surface area contributed by atoms with Crippen LogP contribution in [0.1, 0.15) is 119 Å². The maximum atomic E-state index is 14.0. The van der Waals surface area contributed by atoms with E-state index >= 15 is 0 Å². The Morgan fingerprint density at radius 3 is 2.19 bits per heavy atom. The van der Waals surface area contributed by atoms with E-state index in [4.69, 9.17) is 0 Å². The van der Waals surface area contributed by atoms with Crippen molar-refractivity contribution < 1.29 is 13.2 Å². The van der Waals surface area contributed by atoms with E-state index in [9.17, 15) is 13.2 Å². The second-order valence-corrected chi connectivity index (χ2v) is 11.8. The summed E-state index contributed by atoms with van der Waals surface area (Å²) < 4.78 is 41.0. The molecule has 36 heavy (non-hydrogen) atoms. The predicted octanol–water partition coefficient (Wildman–Crippen LogP) is 8.43. The van der Waals surface area contributed by atoms with Crippen molar-refractivity contribution in [2.45, 2.75) is 123 Å². The molecule has 1 aliphatic carbocycles. The molecule has 1 heterocycles. The van der Waals surface area contributed by atoms with Gasteiger partial charge in [-0.3, -0.25) is 4.90 Å². The lowest BCUT2D eigenvalue weighted by atomic mass is 9.83. The Morgan fingerprint density at radius 2 is 1.61 bits per heavy atom. The molecule has 0 unspecified atom stereocenters. The van der Waals surface area contributed by atoms with Crippen molar-refractivity contribution in [1.82, 2.24) is 14.7 Å². The van der Waals surface area contributed by atoms with Gasteiger partial charge in [-0.05, 0) is 62.1 Å². The molecule has 3 nitrogen and oxygen atoms in total. The van der Waals surface area contributed by atoms with E-state index in [0.717, 1.165) is 43.0 Å². The van der Waals surface area contributed by atoms with Crippen LogP contribution in [0, 0.1) is 12.9 Å². The van der Waals surface area contributed by atoms with Gasteiger partial charge in [-0.1, -0.05) is 83.1 Å². The highest BCUT2D eigenvalue weighted by Gasteiger charge is 2.30. The molecule has 0 bridgehead atoms. The number of halogens is 3. The van der Waals surface area contributed by atoms with Crippen molar-refractivity contribution in [3.8, 4) is 0 Å². The van der Waals surface area contributed by atoms with Crippen molar-refractivity contribution in [1.29, 1.82) is 0 Å². The van der Waals surface area contributed by atoms with Gasteiger partial charge in [0.15, 0.2) is 0 Å². The molecule has 1 aromatic heterocycles. The monoisotopic (exact) mass is 505 g/mol. The third-order valence-corrected chi connectivity index (χ3v) is 7.43. The average Bonchev–Trinajstić information content (AvgIpc) is 3.60. The van der Waals surface area contributed by atoms with Gasteiger partial charge in [0.1, 0.15) is 5.69 Å². The van der Waals surface area contributed by atoms with E-state index in [0.29, 0.717) is 6.42 Å². The molecule has 1 aliphatic rings. The third kappa shape index (κ3) is 8.36. The maximum Gasteiger partial charge on any atom is 0.282 e. The number of nitrogens with zero attached hydrogens (tertiary/aromatic N) is 3. The normalized spacial score (nSPS) is 14.4. The van der Waals surface area contributed by atoms with Crippen LogP contribution in [0.25, 0.3) is 0 Å². The van der Waals surface area contributed by atoms with Crippen molar-refractivity contribution in [3.05, 3.63) is 52.1 Å². The number of rotatable bonds is 15. The standard InChI is InChI=1S/C30H46F3N3/c1-22-15-18-26(30(2,3)4)23(20-22)21-36(24-16-17-24)19-13-11-9-7-6-8-10-12-14-25-27(28(31)32)34-35(5)29(25)33/h15,18,20,24,28H,6-14,16-17,19,21H2,1-5H3. The predicted molar refractivity (Wildman–Crippen MR) is 142 cm³/mol. The highest BCUT2D eigenvalue weighted by atomic mass is 19.3. The topological polar surface area (TPSA) is 21.1 Å². The number of aryl methyl sites for hydroxylation is 2. The van der Waals surface area contributed by atoms with Gasteiger partial charge < -0.3 is 0 Å². The van der Waals surface area contributed by atoms with Gasteiger partial charge in [0.2, 0.25) is 5.95 Å². The lowest BCUT2D eigenvalue weighted by Crippen LogP contribution is -2.28. The molecule has 0 spiro atoms. The molecule has 1 fully saturated rings. The number of hydrogen-bond acceptors (Lipinski definition) is 2. The molecule has 3 rings (SSSR count). The second kappa shape index (κ2) is 13.1. The Morgan fingerprint density at radius 1 is 1.00 bits per heavy atom. The maximum absolute atomic E-state index is 14.0. The molecule has 0 amide bonds.